The van der Waals surface area contributed by atoms with Gasteiger partial charge in [-0.2, -0.15) is 4.68 Å². The highest BCUT2D eigenvalue weighted by Gasteiger charge is 2.22. The summed E-state index contributed by atoms with van der Waals surface area (Å²) in [4.78, 5) is 12.0. The zero-order valence-electron chi connectivity index (χ0n) is 11.2. The number of aromatic nitrogens is 2. The fourth-order valence-electron chi connectivity index (χ4n) is 1.67. The molecule has 1 N–H and O–H groups in total. The largest absolute Gasteiger partial charge is 0.492 e. The average Bonchev–Trinajstić information content (AvgIpc) is 2.55. The topological polar surface area (TPSA) is 64.4 Å². The first-order valence-electron chi connectivity index (χ1n) is 5.80. The van der Waals surface area contributed by atoms with Crippen LogP contribution in [0.1, 0.15) is 26.3 Å². The Morgan fingerprint density at radius 2 is 2.05 bits per heavy atom. The first-order valence-corrected chi connectivity index (χ1v) is 6.59. The van der Waals surface area contributed by atoms with Crippen LogP contribution < -0.4 is 0 Å². The van der Waals surface area contributed by atoms with Gasteiger partial charge in [0.15, 0.2) is 0 Å². The minimum atomic E-state index is -0.618. The summed E-state index contributed by atoms with van der Waals surface area (Å²) in [6, 6.07) is 3.50. The number of ether oxygens (including phenoxy) is 1. The second-order valence-electron chi connectivity index (χ2n) is 5.33. The van der Waals surface area contributed by atoms with E-state index in [1.807, 2.05) is 6.92 Å². The Hall–Kier alpha value is -1.56. The van der Waals surface area contributed by atoms with Gasteiger partial charge in [0.1, 0.15) is 5.60 Å². The first-order chi connectivity index (χ1) is 8.69. The highest BCUT2D eigenvalue weighted by atomic mass is 79.9. The van der Waals surface area contributed by atoms with Crippen molar-refractivity contribution in [2.75, 3.05) is 0 Å². The van der Waals surface area contributed by atoms with Gasteiger partial charge in [0.05, 0.1) is 10.9 Å². The van der Waals surface area contributed by atoms with Crippen LogP contribution in [0.15, 0.2) is 16.6 Å². The van der Waals surface area contributed by atoms with Crippen LogP contribution in [0.5, 0.6) is 5.88 Å². The number of halogens is 1. The first kappa shape index (κ1) is 13.9. The van der Waals surface area contributed by atoms with Crippen LogP contribution in [-0.4, -0.2) is 26.6 Å². The quantitative estimate of drug-likeness (QED) is 0.803. The summed E-state index contributed by atoms with van der Waals surface area (Å²) in [6.45, 7) is 7.22. The number of fused-ring (bicyclic) bond motifs is 1. The third-order valence-electron chi connectivity index (χ3n) is 2.51. The van der Waals surface area contributed by atoms with Crippen molar-refractivity contribution in [2.24, 2.45) is 0 Å². The molecule has 6 heteroatoms. The number of carbonyl (C=O) groups excluding carboxylic acids is 1. The van der Waals surface area contributed by atoms with E-state index in [1.165, 1.54) is 0 Å². The van der Waals surface area contributed by atoms with Gasteiger partial charge in [-0.25, -0.2) is 4.79 Å². The van der Waals surface area contributed by atoms with Crippen LogP contribution in [0.4, 0.5) is 4.79 Å². The number of carbonyl (C=O) groups is 1. The lowest BCUT2D eigenvalue weighted by molar-refractivity contribution is 0.0520. The van der Waals surface area contributed by atoms with E-state index in [1.54, 1.807) is 32.9 Å². The summed E-state index contributed by atoms with van der Waals surface area (Å²) < 4.78 is 7.16. The van der Waals surface area contributed by atoms with Crippen LogP contribution >= 0.6 is 15.9 Å². The van der Waals surface area contributed by atoms with E-state index in [9.17, 15) is 9.90 Å². The summed E-state index contributed by atoms with van der Waals surface area (Å²) in [5.74, 6) is -0.184. The van der Waals surface area contributed by atoms with Crippen molar-refractivity contribution in [1.82, 2.24) is 9.78 Å². The molecular weight excluding hydrogens is 312 g/mol. The predicted octanol–water partition coefficient (Wildman–Crippen LogP) is 3.60. The molecule has 0 amide bonds. The van der Waals surface area contributed by atoms with Crippen LogP contribution in [-0.2, 0) is 4.74 Å². The Labute approximate surface area is 119 Å². The minimum Gasteiger partial charge on any atom is -0.492 e. The molecule has 0 aliphatic heterocycles. The third-order valence-corrected chi connectivity index (χ3v) is 3.36. The highest BCUT2D eigenvalue weighted by molar-refractivity contribution is 9.10. The lowest BCUT2D eigenvalue weighted by Gasteiger charge is -2.19. The zero-order valence-corrected chi connectivity index (χ0v) is 12.8. The minimum absolute atomic E-state index is 0.184. The van der Waals surface area contributed by atoms with Gasteiger partial charge in [0, 0.05) is 4.47 Å². The van der Waals surface area contributed by atoms with Gasteiger partial charge in [0.2, 0.25) is 5.88 Å². The van der Waals surface area contributed by atoms with Crippen LogP contribution in [0.25, 0.3) is 10.9 Å². The molecule has 2 aromatic rings. The van der Waals surface area contributed by atoms with Gasteiger partial charge in [-0.3, -0.25) is 0 Å². The molecule has 0 bridgehead atoms. The van der Waals surface area contributed by atoms with Gasteiger partial charge < -0.3 is 9.84 Å². The normalized spacial score (nSPS) is 11.8. The van der Waals surface area contributed by atoms with Crippen molar-refractivity contribution in [3.05, 3.63) is 22.2 Å². The monoisotopic (exact) mass is 326 g/mol. The van der Waals surface area contributed by atoms with Crippen LogP contribution in [0, 0.1) is 6.92 Å². The maximum absolute atomic E-state index is 12.0. The molecule has 1 aromatic carbocycles. The van der Waals surface area contributed by atoms with Gasteiger partial charge in [-0.15, -0.1) is 5.10 Å². The van der Waals surface area contributed by atoms with Crippen molar-refractivity contribution >= 4 is 32.9 Å². The van der Waals surface area contributed by atoms with E-state index >= 15 is 0 Å². The molecule has 0 fully saturated rings. The number of hydrogen-bond donors (Lipinski definition) is 1. The second-order valence-corrected chi connectivity index (χ2v) is 6.19. The molecule has 2 rings (SSSR count). The molecule has 0 saturated carbocycles. The molecule has 0 radical (unpaired) electrons. The van der Waals surface area contributed by atoms with E-state index < -0.39 is 11.7 Å². The SMILES string of the molecule is Cc1cc2c(O)nn(C(=O)OC(C)(C)C)c2cc1Br. The molecule has 0 unspecified atom stereocenters. The Bertz CT molecular complexity index is 656. The number of rotatable bonds is 0. The molecule has 0 atom stereocenters. The van der Waals surface area contributed by atoms with Crippen molar-refractivity contribution in [3.63, 3.8) is 0 Å². The number of hydrogen-bond acceptors (Lipinski definition) is 4. The molecule has 0 aliphatic rings. The van der Waals surface area contributed by atoms with Gasteiger partial charge in [-0.1, -0.05) is 15.9 Å². The summed E-state index contributed by atoms with van der Waals surface area (Å²) in [6.07, 6.45) is -0.617. The molecule has 5 nitrogen and oxygen atoms in total. The fourth-order valence-corrected chi connectivity index (χ4v) is 2.00. The number of aromatic hydroxyl groups is 1. The summed E-state index contributed by atoms with van der Waals surface area (Å²) in [7, 11) is 0. The average molecular weight is 327 g/mol. The lowest BCUT2D eigenvalue weighted by Crippen LogP contribution is -2.27. The molecule has 0 saturated heterocycles. The smallest absolute Gasteiger partial charge is 0.435 e. The van der Waals surface area contributed by atoms with E-state index in [0.29, 0.717) is 10.9 Å². The third kappa shape index (κ3) is 2.73. The van der Waals surface area contributed by atoms with E-state index in [0.717, 1.165) is 14.7 Å². The number of nitrogens with zero attached hydrogens (tertiary/aromatic N) is 2. The zero-order chi connectivity index (χ0) is 14.4. The maximum atomic E-state index is 12.0. The van der Waals surface area contributed by atoms with Gasteiger partial charge >= 0.3 is 6.09 Å². The number of aryl methyl sites for hydroxylation is 1. The molecule has 0 spiro atoms. The molecule has 0 aliphatic carbocycles. The van der Waals surface area contributed by atoms with Crippen molar-refractivity contribution < 1.29 is 14.6 Å². The Balaban J connectivity index is 2.56. The van der Waals surface area contributed by atoms with E-state index in [2.05, 4.69) is 21.0 Å². The predicted molar refractivity (Wildman–Crippen MR) is 75.5 cm³/mol. The Kier molecular flexibility index (Phi) is 3.30. The molecular formula is C13H15BrN2O3. The van der Waals surface area contributed by atoms with Crippen LogP contribution in [0.2, 0.25) is 0 Å². The van der Waals surface area contributed by atoms with Crippen molar-refractivity contribution in [1.29, 1.82) is 0 Å². The molecule has 1 aromatic heterocycles. The van der Waals surface area contributed by atoms with E-state index in [4.69, 9.17) is 4.74 Å². The number of benzene rings is 1. The van der Waals surface area contributed by atoms with Gasteiger partial charge in [-0.05, 0) is 45.4 Å². The van der Waals surface area contributed by atoms with Crippen molar-refractivity contribution in [3.8, 4) is 5.88 Å². The van der Waals surface area contributed by atoms with Crippen molar-refractivity contribution in [2.45, 2.75) is 33.3 Å². The summed E-state index contributed by atoms with van der Waals surface area (Å²) in [5.41, 5.74) is 0.836. The second kappa shape index (κ2) is 4.52. The Morgan fingerprint density at radius 1 is 1.42 bits per heavy atom. The van der Waals surface area contributed by atoms with Crippen LogP contribution in [0.3, 0.4) is 0 Å². The maximum Gasteiger partial charge on any atom is 0.435 e. The molecule has 102 valence electrons. The summed E-state index contributed by atoms with van der Waals surface area (Å²) in [5, 5.41) is 14.2. The standard InChI is InChI=1S/C13H15BrN2O3/c1-7-5-8-10(6-9(7)14)16(15-11(8)17)12(18)19-13(2,3)4/h5-6H,1-4H3,(H,15,17). The summed E-state index contributed by atoms with van der Waals surface area (Å²) >= 11 is 3.40. The molecule has 19 heavy (non-hydrogen) atoms. The highest BCUT2D eigenvalue weighted by Crippen LogP contribution is 2.29. The Morgan fingerprint density at radius 3 is 2.63 bits per heavy atom. The lowest BCUT2D eigenvalue weighted by atomic mass is 10.2. The van der Waals surface area contributed by atoms with Gasteiger partial charge in [0.25, 0.3) is 0 Å². The fraction of sp³-hybridized carbons (Fsp3) is 0.385. The van der Waals surface area contributed by atoms with E-state index in [-0.39, 0.29) is 5.88 Å². The molecule has 1 heterocycles.